The first-order chi connectivity index (χ1) is 11.0. The number of sulfonamides is 1. The van der Waals surface area contributed by atoms with E-state index in [1.54, 1.807) is 25.2 Å². The monoisotopic (exact) mass is 335 g/mol. The van der Waals surface area contributed by atoms with Crippen LogP contribution in [-0.4, -0.2) is 25.8 Å². The van der Waals surface area contributed by atoms with Gasteiger partial charge in [0.1, 0.15) is 5.58 Å². The summed E-state index contributed by atoms with van der Waals surface area (Å²) in [5.74, 6) is 0. The average Bonchev–Trinajstić information content (AvgIpc) is 2.82. The molecule has 0 radical (unpaired) electrons. The van der Waals surface area contributed by atoms with Crippen LogP contribution in [0.1, 0.15) is 38.5 Å². The second-order valence-corrected chi connectivity index (χ2v) is 8.12. The number of nitrogens with zero attached hydrogens (tertiary/aromatic N) is 1. The van der Waals surface area contributed by atoms with Gasteiger partial charge in [-0.3, -0.25) is 0 Å². The predicted molar refractivity (Wildman–Crippen MR) is 88.9 cm³/mol. The zero-order valence-corrected chi connectivity index (χ0v) is 14.0. The number of hydrogen-bond acceptors (Lipinski definition) is 4. The van der Waals surface area contributed by atoms with E-state index in [0.29, 0.717) is 11.0 Å². The summed E-state index contributed by atoms with van der Waals surface area (Å²) in [4.78, 5) is 11.5. The summed E-state index contributed by atoms with van der Waals surface area (Å²) in [7, 11) is -1.88. The Bertz CT molecular complexity index is 848. The van der Waals surface area contributed by atoms with Gasteiger partial charge in [0.25, 0.3) is 0 Å². The van der Waals surface area contributed by atoms with Crippen molar-refractivity contribution < 1.29 is 12.8 Å². The van der Waals surface area contributed by atoms with Gasteiger partial charge >= 0.3 is 5.63 Å². The molecule has 2 aromatic rings. The summed E-state index contributed by atoms with van der Waals surface area (Å²) >= 11 is 0. The highest BCUT2D eigenvalue weighted by Crippen LogP contribution is 2.27. The van der Waals surface area contributed by atoms with Crippen LogP contribution in [0, 0.1) is 0 Å². The maximum atomic E-state index is 12.9. The Morgan fingerprint density at radius 3 is 2.43 bits per heavy atom. The minimum absolute atomic E-state index is 0.0619. The third-order valence-electron chi connectivity index (χ3n) is 4.61. The number of hydrogen-bond donors (Lipinski definition) is 0. The second-order valence-electron chi connectivity index (χ2n) is 6.12. The molecule has 0 N–H and O–H groups in total. The number of fused-ring (bicyclic) bond motifs is 1. The molecule has 0 aliphatic heterocycles. The lowest BCUT2D eigenvalue weighted by molar-refractivity contribution is 0.336. The van der Waals surface area contributed by atoms with Crippen LogP contribution in [0.4, 0.5) is 0 Å². The van der Waals surface area contributed by atoms with Crippen LogP contribution in [0.5, 0.6) is 0 Å². The highest BCUT2D eigenvalue weighted by atomic mass is 32.2. The molecule has 1 aromatic carbocycles. The molecule has 0 unspecified atom stereocenters. The standard InChI is InChI=1S/C17H21NO4S/c1-18(14-6-4-2-3-5-7-14)23(20,21)15-9-10-16-13(12-15)8-11-17(19)22-16/h8-12,14H,2-7H2,1H3. The largest absolute Gasteiger partial charge is 0.423 e. The third kappa shape index (κ3) is 3.33. The minimum atomic E-state index is -3.54. The lowest BCUT2D eigenvalue weighted by Gasteiger charge is -2.26. The fraction of sp³-hybridized carbons (Fsp3) is 0.471. The third-order valence-corrected chi connectivity index (χ3v) is 6.51. The van der Waals surface area contributed by atoms with Gasteiger partial charge < -0.3 is 4.42 Å². The summed E-state index contributed by atoms with van der Waals surface area (Å²) in [6.07, 6.45) is 6.34. The Morgan fingerprint density at radius 1 is 1.04 bits per heavy atom. The van der Waals surface area contributed by atoms with Crippen molar-refractivity contribution >= 4 is 21.0 Å². The van der Waals surface area contributed by atoms with E-state index in [1.807, 2.05) is 0 Å². The van der Waals surface area contributed by atoms with Crippen molar-refractivity contribution in [3.63, 3.8) is 0 Å². The van der Waals surface area contributed by atoms with E-state index in [1.165, 1.54) is 29.3 Å². The van der Waals surface area contributed by atoms with E-state index in [4.69, 9.17) is 4.42 Å². The van der Waals surface area contributed by atoms with Crippen LogP contribution in [0.25, 0.3) is 11.0 Å². The molecule has 124 valence electrons. The maximum Gasteiger partial charge on any atom is 0.336 e. The molecule has 23 heavy (non-hydrogen) atoms. The molecular formula is C17H21NO4S. The Morgan fingerprint density at radius 2 is 1.74 bits per heavy atom. The molecule has 3 rings (SSSR count). The van der Waals surface area contributed by atoms with E-state index >= 15 is 0 Å². The molecule has 1 aliphatic rings. The predicted octanol–water partition coefficient (Wildman–Crippen LogP) is 3.14. The molecule has 1 heterocycles. The van der Waals surface area contributed by atoms with Gasteiger partial charge in [-0.15, -0.1) is 0 Å². The van der Waals surface area contributed by atoms with Crippen molar-refractivity contribution in [1.82, 2.24) is 4.31 Å². The van der Waals surface area contributed by atoms with E-state index in [2.05, 4.69) is 0 Å². The first-order valence-corrected chi connectivity index (χ1v) is 9.44. The highest BCUT2D eigenvalue weighted by Gasteiger charge is 2.28. The smallest absolute Gasteiger partial charge is 0.336 e. The van der Waals surface area contributed by atoms with Crippen molar-refractivity contribution in [2.24, 2.45) is 0 Å². The Labute approximate surface area is 136 Å². The second kappa shape index (κ2) is 6.45. The van der Waals surface area contributed by atoms with Gasteiger partial charge in [0.15, 0.2) is 0 Å². The molecule has 0 atom stereocenters. The molecule has 6 heteroatoms. The molecule has 1 fully saturated rings. The fourth-order valence-electron chi connectivity index (χ4n) is 3.19. The number of rotatable bonds is 3. The van der Waals surface area contributed by atoms with Crippen LogP contribution < -0.4 is 5.63 Å². The van der Waals surface area contributed by atoms with E-state index in [9.17, 15) is 13.2 Å². The van der Waals surface area contributed by atoms with Crippen molar-refractivity contribution in [3.8, 4) is 0 Å². The van der Waals surface area contributed by atoms with Gasteiger partial charge in [0.2, 0.25) is 10.0 Å². The van der Waals surface area contributed by atoms with Crippen molar-refractivity contribution in [3.05, 3.63) is 40.8 Å². The topological polar surface area (TPSA) is 67.6 Å². The van der Waals surface area contributed by atoms with E-state index in [0.717, 1.165) is 25.7 Å². The van der Waals surface area contributed by atoms with Crippen molar-refractivity contribution in [2.45, 2.75) is 49.5 Å². The van der Waals surface area contributed by atoms with Crippen molar-refractivity contribution in [1.29, 1.82) is 0 Å². The molecule has 0 spiro atoms. The average molecular weight is 335 g/mol. The SMILES string of the molecule is CN(C1CCCCCC1)S(=O)(=O)c1ccc2oc(=O)ccc2c1. The van der Waals surface area contributed by atoms with Gasteiger partial charge in [0, 0.05) is 24.5 Å². The van der Waals surface area contributed by atoms with Crippen LogP contribution in [0.2, 0.25) is 0 Å². The molecule has 1 aliphatic carbocycles. The quantitative estimate of drug-likeness (QED) is 0.638. The van der Waals surface area contributed by atoms with Crippen LogP contribution in [0.3, 0.4) is 0 Å². The molecule has 0 saturated heterocycles. The van der Waals surface area contributed by atoms with Gasteiger partial charge in [-0.05, 0) is 37.1 Å². The zero-order chi connectivity index (χ0) is 16.4. The molecule has 1 saturated carbocycles. The molecule has 0 amide bonds. The van der Waals surface area contributed by atoms with E-state index < -0.39 is 15.6 Å². The summed E-state index contributed by atoms with van der Waals surface area (Å²) in [5, 5.41) is 0.611. The van der Waals surface area contributed by atoms with Crippen LogP contribution in [-0.2, 0) is 10.0 Å². The summed E-state index contributed by atoms with van der Waals surface area (Å²) < 4.78 is 32.3. The lowest BCUT2D eigenvalue weighted by atomic mass is 10.1. The van der Waals surface area contributed by atoms with Crippen LogP contribution in [0.15, 0.2) is 44.4 Å². The van der Waals surface area contributed by atoms with Gasteiger partial charge in [-0.1, -0.05) is 25.7 Å². The normalized spacial score (nSPS) is 17.5. The molecular weight excluding hydrogens is 314 g/mol. The van der Waals surface area contributed by atoms with Gasteiger partial charge in [0.05, 0.1) is 4.90 Å². The first kappa shape index (κ1) is 16.2. The Balaban J connectivity index is 1.94. The van der Waals surface area contributed by atoms with Crippen molar-refractivity contribution in [2.75, 3.05) is 7.05 Å². The van der Waals surface area contributed by atoms with Gasteiger partial charge in [-0.25, -0.2) is 13.2 Å². The highest BCUT2D eigenvalue weighted by molar-refractivity contribution is 7.89. The van der Waals surface area contributed by atoms with Gasteiger partial charge in [-0.2, -0.15) is 4.31 Å². The Kier molecular flexibility index (Phi) is 4.55. The first-order valence-electron chi connectivity index (χ1n) is 8.00. The summed E-state index contributed by atoms with van der Waals surface area (Å²) in [6.45, 7) is 0. The minimum Gasteiger partial charge on any atom is -0.423 e. The fourth-order valence-corrected chi connectivity index (χ4v) is 4.65. The summed E-state index contributed by atoms with van der Waals surface area (Å²) in [6, 6.07) is 7.57. The summed E-state index contributed by atoms with van der Waals surface area (Å²) in [5.41, 5.74) is -0.0442. The zero-order valence-electron chi connectivity index (χ0n) is 13.2. The van der Waals surface area contributed by atoms with E-state index in [-0.39, 0.29) is 10.9 Å². The van der Waals surface area contributed by atoms with Crippen LogP contribution >= 0.6 is 0 Å². The molecule has 5 nitrogen and oxygen atoms in total. The lowest BCUT2D eigenvalue weighted by Crippen LogP contribution is -2.36. The molecule has 0 bridgehead atoms. The number of benzene rings is 1. The Hall–Kier alpha value is -1.66. The molecule has 1 aromatic heterocycles. The maximum absolute atomic E-state index is 12.9.